The van der Waals surface area contributed by atoms with Crippen molar-refractivity contribution in [2.24, 2.45) is 0 Å². The van der Waals surface area contributed by atoms with Crippen molar-refractivity contribution in [3.05, 3.63) is 6.92 Å². The lowest BCUT2D eigenvalue weighted by Gasteiger charge is -1.92. The highest BCUT2D eigenvalue weighted by molar-refractivity contribution is 5.71. The van der Waals surface area contributed by atoms with E-state index in [9.17, 15) is 4.79 Å². The van der Waals surface area contributed by atoms with E-state index in [0.717, 1.165) is 0 Å². The molecule has 0 aliphatic carbocycles. The summed E-state index contributed by atoms with van der Waals surface area (Å²) in [7, 11) is 0. The van der Waals surface area contributed by atoms with Gasteiger partial charge in [0, 0.05) is 0 Å². The summed E-state index contributed by atoms with van der Waals surface area (Å²) in [5.74, 6) is -0.512. The quantitative estimate of drug-likeness (QED) is 0.482. The second kappa shape index (κ2) is 4.13. The molecule has 0 rings (SSSR count). The molecule has 0 bridgehead atoms. The molecule has 0 atom stereocenters. The molecule has 0 spiro atoms. The zero-order chi connectivity index (χ0) is 6.41. The molecule has 8 heavy (non-hydrogen) atoms. The molecular weight excluding hydrogens is 106 g/mol. The molecule has 0 aromatic rings. The van der Waals surface area contributed by atoms with E-state index in [2.05, 4.69) is 11.7 Å². The van der Waals surface area contributed by atoms with Crippen molar-refractivity contribution in [3.63, 3.8) is 0 Å². The third-order valence-electron chi connectivity index (χ3n) is 0.486. The molecular formula is C5H6NO2. The molecule has 43 valence electrons. The van der Waals surface area contributed by atoms with Crippen LogP contribution in [0.3, 0.4) is 0 Å². The monoisotopic (exact) mass is 112 g/mol. The summed E-state index contributed by atoms with van der Waals surface area (Å²) >= 11 is 0. The number of esters is 1. The number of ether oxygens (including phenoxy) is 1. The molecule has 0 saturated heterocycles. The van der Waals surface area contributed by atoms with Gasteiger partial charge in [-0.05, 0) is 6.92 Å². The number of carbonyl (C=O) groups is 1. The molecule has 0 fully saturated rings. The summed E-state index contributed by atoms with van der Waals surface area (Å²) in [5.41, 5.74) is 0. The lowest BCUT2D eigenvalue weighted by atomic mass is 10.5. The van der Waals surface area contributed by atoms with Crippen LogP contribution in [0, 0.1) is 18.3 Å². The van der Waals surface area contributed by atoms with E-state index in [-0.39, 0.29) is 13.0 Å². The largest absolute Gasteiger partial charge is 0.465 e. The number of carbonyl (C=O) groups excluding carboxylic acids is 1. The Morgan fingerprint density at radius 1 is 1.88 bits per heavy atom. The van der Waals surface area contributed by atoms with Crippen LogP contribution in [0.15, 0.2) is 0 Å². The fraction of sp³-hybridized carbons (Fsp3) is 0.400. The predicted molar refractivity (Wildman–Crippen MR) is 26.5 cm³/mol. The molecule has 0 heterocycles. The van der Waals surface area contributed by atoms with E-state index in [4.69, 9.17) is 5.26 Å². The Bertz CT molecular complexity index is 114. The summed E-state index contributed by atoms with van der Waals surface area (Å²) < 4.78 is 4.31. The van der Waals surface area contributed by atoms with E-state index in [1.54, 1.807) is 6.07 Å². The maximum atomic E-state index is 10.2. The summed E-state index contributed by atoms with van der Waals surface area (Å²) in [6.07, 6.45) is -0.185. The van der Waals surface area contributed by atoms with Crippen LogP contribution in [0.2, 0.25) is 0 Å². The number of hydrogen-bond acceptors (Lipinski definition) is 3. The van der Waals surface area contributed by atoms with Gasteiger partial charge < -0.3 is 4.74 Å². The van der Waals surface area contributed by atoms with Crippen molar-refractivity contribution >= 4 is 5.97 Å². The molecule has 0 aromatic heterocycles. The van der Waals surface area contributed by atoms with Gasteiger partial charge in [0.25, 0.3) is 0 Å². The molecule has 3 heteroatoms. The molecule has 0 unspecified atom stereocenters. The first kappa shape index (κ1) is 6.96. The van der Waals surface area contributed by atoms with Gasteiger partial charge in [0.05, 0.1) is 12.7 Å². The first-order chi connectivity index (χ1) is 3.81. The standard InChI is InChI=1S/C5H6NO2/c1-2-8-5(7)3-4-6/h1-3H2. The minimum absolute atomic E-state index is 0.0977. The van der Waals surface area contributed by atoms with Gasteiger partial charge in [-0.25, -0.2) is 0 Å². The lowest BCUT2D eigenvalue weighted by Crippen LogP contribution is -2.01. The lowest BCUT2D eigenvalue weighted by molar-refractivity contribution is -0.141. The Hall–Kier alpha value is -1.04. The van der Waals surface area contributed by atoms with Gasteiger partial charge in [0.1, 0.15) is 6.42 Å². The predicted octanol–water partition coefficient (Wildman–Crippen LogP) is 0.277. The average molecular weight is 112 g/mol. The van der Waals surface area contributed by atoms with Crippen LogP contribution in [0.1, 0.15) is 6.42 Å². The Kier molecular flexibility index (Phi) is 3.59. The van der Waals surface area contributed by atoms with Crippen LogP contribution in [-0.4, -0.2) is 12.6 Å². The fourth-order valence-corrected chi connectivity index (χ4v) is 0.229. The van der Waals surface area contributed by atoms with Gasteiger partial charge in [0.15, 0.2) is 0 Å². The summed E-state index contributed by atoms with van der Waals surface area (Å²) in [6.45, 7) is 3.35. The van der Waals surface area contributed by atoms with Crippen molar-refractivity contribution in [1.82, 2.24) is 0 Å². The highest BCUT2D eigenvalue weighted by Gasteiger charge is 1.95. The SMILES string of the molecule is [CH2]COC(=O)CC#N. The number of hydrogen-bond donors (Lipinski definition) is 0. The minimum atomic E-state index is -0.512. The van der Waals surface area contributed by atoms with Crippen molar-refractivity contribution < 1.29 is 9.53 Å². The van der Waals surface area contributed by atoms with E-state index >= 15 is 0 Å². The molecule has 1 radical (unpaired) electrons. The maximum Gasteiger partial charge on any atom is 0.320 e. The van der Waals surface area contributed by atoms with Crippen LogP contribution < -0.4 is 0 Å². The molecule has 0 aromatic carbocycles. The molecule has 0 aliphatic rings. The van der Waals surface area contributed by atoms with Crippen LogP contribution >= 0.6 is 0 Å². The van der Waals surface area contributed by atoms with Gasteiger partial charge in [0.2, 0.25) is 0 Å². The zero-order valence-electron chi connectivity index (χ0n) is 4.39. The molecule has 3 nitrogen and oxygen atoms in total. The second-order valence-corrected chi connectivity index (χ2v) is 1.06. The van der Waals surface area contributed by atoms with Gasteiger partial charge in [-0.2, -0.15) is 5.26 Å². The van der Waals surface area contributed by atoms with E-state index in [0.29, 0.717) is 0 Å². The van der Waals surface area contributed by atoms with Crippen LogP contribution in [0.5, 0.6) is 0 Å². The Morgan fingerprint density at radius 2 is 2.50 bits per heavy atom. The highest BCUT2D eigenvalue weighted by Crippen LogP contribution is 1.80. The number of nitrogens with zero attached hydrogens (tertiary/aromatic N) is 1. The second-order valence-electron chi connectivity index (χ2n) is 1.06. The third kappa shape index (κ3) is 3.16. The normalized spacial score (nSPS) is 7.50. The smallest absolute Gasteiger partial charge is 0.320 e. The van der Waals surface area contributed by atoms with Crippen molar-refractivity contribution in [1.29, 1.82) is 5.26 Å². The Labute approximate surface area is 47.9 Å². The van der Waals surface area contributed by atoms with E-state index in [1.165, 1.54) is 0 Å². The first-order valence-corrected chi connectivity index (χ1v) is 2.13. The van der Waals surface area contributed by atoms with Crippen molar-refractivity contribution in [2.75, 3.05) is 6.61 Å². The molecule has 0 aliphatic heterocycles. The number of nitriles is 1. The van der Waals surface area contributed by atoms with Crippen LogP contribution in [0.25, 0.3) is 0 Å². The molecule has 0 amide bonds. The van der Waals surface area contributed by atoms with Gasteiger partial charge in [-0.3, -0.25) is 4.79 Å². The summed E-state index contributed by atoms with van der Waals surface area (Å²) in [5, 5.41) is 7.89. The van der Waals surface area contributed by atoms with Crippen LogP contribution in [0.4, 0.5) is 0 Å². The fourth-order valence-electron chi connectivity index (χ4n) is 0.229. The third-order valence-corrected chi connectivity index (χ3v) is 0.486. The maximum absolute atomic E-state index is 10.2. The van der Waals surface area contributed by atoms with Crippen molar-refractivity contribution in [3.8, 4) is 6.07 Å². The summed E-state index contributed by atoms with van der Waals surface area (Å²) in [6, 6.07) is 1.65. The average Bonchev–Trinajstić information content (AvgIpc) is 1.68. The molecule has 0 saturated carbocycles. The van der Waals surface area contributed by atoms with Gasteiger partial charge in [-0.1, -0.05) is 0 Å². The minimum Gasteiger partial charge on any atom is -0.465 e. The Balaban J connectivity index is 3.23. The summed E-state index contributed by atoms with van der Waals surface area (Å²) in [4.78, 5) is 10.2. The Morgan fingerprint density at radius 3 is 2.88 bits per heavy atom. The van der Waals surface area contributed by atoms with Gasteiger partial charge >= 0.3 is 5.97 Å². The van der Waals surface area contributed by atoms with Crippen LogP contribution in [-0.2, 0) is 9.53 Å². The topological polar surface area (TPSA) is 50.1 Å². The number of rotatable bonds is 2. The van der Waals surface area contributed by atoms with Gasteiger partial charge in [-0.15, -0.1) is 0 Å². The van der Waals surface area contributed by atoms with E-state index in [1.807, 2.05) is 0 Å². The molecule has 0 N–H and O–H groups in total. The zero-order valence-corrected chi connectivity index (χ0v) is 4.39. The highest BCUT2D eigenvalue weighted by atomic mass is 16.5. The first-order valence-electron chi connectivity index (χ1n) is 2.13. The van der Waals surface area contributed by atoms with E-state index < -0.39 is 5.97 Å². The van der Waals surface area contributed by atoms with Crippen molar-refractivity contribution in [2.45, 2.75) is 6.42 Å².